The van der Waals surface area contributed by atoms with Crippen LogP contribution in [0.25, 0.3) is 0 Å². The Balaban J connectivity index is 1.75. The summed E-state index contributed by atoms with van der Waals surface area (Å²) in [5, 5.41) is 2.92. The molecular weight excluding hydrogens is 388 g/mol. The molecule has 1 N–H and O–H groups in total. The van der Waals surface area contributed by atoms with Crippen LogP contribution >= 0.6 is 0 Å². The lowest BCUT2D eigenvalue weighted by atomic mass is 10.0. The SMILES string of the molecule is CS(=O)(=O)N1CCCN(Cc2ccc(F)c(F)c2)CCNC(=O)[C@@H]2CCC[C@@H]21. The van der Waals surface area contributed by atoms with Crippen LogP contribution < -0.4 is 5.32 Å². The summed E-state index contributed by atoms with van der Waals surface area (Å²) in [5.41, 5.74) is 0.636. The molecule has 2 aliphatic rings. The van der Waals surface area contributed by atoms with Crippen molar-refractivity contribution in [1.29, 1.82) is 0 Å². The van der Waals surface area contributed by atoms with Crippen molar-refractivity contribution >= 4 is 15.9 Å². The number of amides is 1. The van der Waals surface area contributed by atoms with Crippen LogP contribution in [0.1, 0.15) is 31.2 Å². The number of hydrogen-bond donors (Lipinski definition) is 1. The van der Waals surface area contributed by atoms with Gasteiger partial charge in [-0.05, 0) is 43.5 Å². The van der Waals surface area contributed by atoms with Crippen molar-refractivity contribution in [3.05, 3.63) is 35.4 Å². The summed E-state index contributed by atoms with van der Waals surface area (Å²) in [7, 11) is -3.43. The molecular formula is C19H27F2N3O3S. The smallest absolute Gasteiger partial charge is 0.224 e. The number of sulfonamides is 1. The molecule has 1 aliphatic heterocycles. The van der Waals surface area contributed by atoms with E-state index in [1.165, 1.54) is 22.7 Å². The number of nitrogens with zero attached hydrogens (tertiary/aromatic N) is 2. The molecule has 156 valence electrons. The zero-order valence-electron chi connectivity index (χ0n) is 16.0. The highest BCUT2D eigenvalue weighted by molar-refractivity contribution is 7.88. The summed E-state index contributed by atoms with van der Waals surface area (Å²) in [4.78, 5) is 14.6. The van der Waals surface area contributed by atoms with Crippen molar-refractivity contribution in [2.24, 2.45) is 5.92 Å². The van der Waals surface area contributed by atoms with Crippen molar-refractivity contribution in [2.45, 2.75) is 38.3 Å². The number of rotatable bonds is 3. The predicted octanol–water partition coefficient (Wildman–Crippen LogP) is 1.72. The Morgan fingerprint density at radius 1 is 1.11 bits per heavy atom. The average Bonchev–Trinajstić information content (AvgIpc) is 3.08. The number of hydrogen-bond acceptors (Lipinski definition) is 4. The van der Waals surface area contributed by atoms with Crippen LogP contribution in [-0.4, -0.2) is 62.0 Å². The molecule has 1 aliphatic carbocycles. The molecule has 0 radical (unpaired) electrons. The Hall–Kier alpha value is -1.58. The maximum Gasteiger partial charge on any atom is 0.224 e. The summed E-state index contributed by atoms with van der Waals surface area (Å²) in [6.45, 7) is 2.34. The second-order valence-electron chi connectivity index (χ2n) is 7.65. The van der Waals surface area contributed by atoms with E-state index >= 15 is 0 Å². The van der Waals surface area contributed by atoms with Crippen LogP contribution in [0.15, 0.2) is 18.2 Å². The fourth-order valence-electron chi connectivity index (χ4n) is 4.25. The van der Waals surface area contributed by atoms with Gasteiger partial charge in [0.1, 0.15) is 0 Å². The van der Waals surface area contributed by atoms with Gasteiger partial charge in [0.2, 0.25) is 15.9 Å². The third-order valence-electron chi connectivity index (χ3n) is 5.58. The Labute approximate surface area is 164 Å². The average molecular weight is 416 g/mol. The number of nitrogens with one attached hydrogen (secondary N) is 1. The van der Waals surface area contributed by atoms with Gasteiger partial charge in [-0.1, -0.05) is 12.5 Å². The second kappa shape index (κ2) is 8.84. The van der Waals surface area contributed by atoms with E-state index < -0.39 is 21.7 Å². The van der Waals surface area contributed by atoms with Crippen LogP contribution in [0.5, 0.6) is 0 Å². The molecule has 0 unspecified atom stereocenters. The van der Waals surface area contributed by atoms with Gasteiger partial charge in [0.25, 0.3) is 0 Å². The molecule has 9 heteroatoms. The second-order valence-corrected chi connectivity index (χ2v) is 9.58. The van der Waals surface area contributed by atoms with E-state index in [0.717, 1.165) is 12.5 Å². The maximum atomic E-state index is 13.5. The Morgan fingerprint density at radius 2 is 1.89 bits per heavy atom. The first kappa shape index (κ1) is 21.1. The fraction of sp³-hybridized carbons (Fsp3) is 0.632. The van der Waals surface area contributed by atoms with Gasteiger partial charge in [-0.3, -0.25) is 9.69 Å². The Morgan fingerprint density at radius 3 is 2.61 bits per heavy atom. The molecule has 1 heterocycles. The topological polar surface area (TPSA) is 69.7 Å². The van der Waals surface area contributed by atoms with E-state index in [0.29, 0.717) is 57.5 Å². The maximum absolute atomic E-state index is 13.5. The van der Waals surface area contributed by atoms with Gasteiger partial charge < -0.3 is 5.32 Å². The van der Waals surface area contributed by atoms with Gasteiger partial charge >= 0.3 is 0 Å². The molecule has 1 amide bonds. The predicted molar refractivity (Wildman–Crippen MR) is 102 cm³/mol. The van der Waals surface area contributed by atoms with E-state index in [2.05, 4.69) is 5.32 Å². The van der Waals surface area contributed by atoms with E-state index in [1.807, 2.05) is 4.90 Å². The van der Waals surface area contributed by atoms with Gasteiger partial charge in [-0.2, -0.15) is 4.31 Å². The minimum atomic E-state index is -3.43. The molecule has 0 aromatic heterocycles. The lowest BCUT2D eigenvalue weighted by molar-refractivity contribution is -0.125. The summed E-state index contributed by atoms with van der Waals surface area (Å²) in [6.07, 6.45) is 4.04. The molecule has 3 rings (SSSR count). The van der Waals surface area contributed by atoms with Crippen LogP contribution in [0, 0.1) is 17.6 Å². The number of carbonyl (C=O) groups is 1. The van der Waals surface area contributed by atoms with Gasteiger partial charge in [0.05, 0.1) is 12.2 Å². The van der Waals surface area contributed by atoms with Crippen molar-refractivity contribution < 1.29 is 22.0 Å². The summed E-state index contributed by atoms with van der Waals surface area (Å²) in [6, 6.07) is 3.53. The molecule has 1 saturated heterocycles. The van der Waals surface area contributed by atoms with Crippen LogP contribution in [0.4, 0.5) is 8.78 Å². The van der Waals surface area contributed by atoms with Crippen molar-refractivity contribution in [2.75, 3.05) is 32.4 Å². The van der Waals surface area contributed by atoms with E-state index in [1.54, 1.807) is 0 Å². The first-order chi connectivity index (χ1) is 13.3. The lowest BCUT2D eigenvalue weighted by Crippen LogP contribution is -2.47. The fourth-order valence-corrected chi connectivity index (χ4v) is 5.46. The first-order valence-electron chi connectivity index (χ1n) is 9.66. The Bertz CT molecular complexity index is 819. The van der Waals surface area contributed by atoms with E-state index in [-0.39, 0.29) is 17.9 Å². The molecule has 28 heavy (non-hydrogen) atoms. The van der Waals surface area contributed by atoms with Gasteiger partial charge in [-0.25, -0.2) is 17.2 Å². The van der Waals surface area contributed by atoms with Crippen molar-refractivity contribution in [1.82, 2.24) is 14.5 Å². The van der Waals surface area contributed by atoms with Gasteiger partial charge in [-0.15, -0.1) is 0 Å². The number of benzene rings is 1. The lowest BCUT2D eigenvalue weighted by Gasteiger charge is -2.30. The first-order valence-corrected chi connectivity index (χ1v) is 11.5. The van der Waals surface area contributed by atoms with Crippen LogP contribution in [-0.2, 0) is 21.4 Å². The zero-order chi connectivity index (χ0) is 20.3. The van der Waals surface area contributed by atoms with Crippen LogP contribution in [0.2, 0.25) is 0 Å². The monoisotopic (exact) mass is 415 g/mol. The molecule has 1 aromatic rings. The normalized spacial score (nSPS) is 25.8. The highest BCUT2D eigenvalue weighted by atomic mass is 32.2. The minimum absolute atomic E-state index is 0.106. The standard InChI is InChI=1S/C19H27F2N3O3S/c1-28(26,27)24-10-3-9-23(13-14-6-7-16(20)17(21)12-14)11-8-22-19(25)15-4-2-5-18(15)24/h6-7,12,15,18H,2-5,8-11,13H2,1H3,(H,22,25)/t15-,18+/m1/s1. The number of fused-ring (bicyclic) bond motifs is 1. The molecule has 2 atom stereocenters. The summed E-state index contributed by atoms with van der Waals surface area (Å²) < 4.78 is 52.8. The molecule has 0 bridgehead atoms. The largest absolute Gasteiger partial charge is 0.355 e. The van der Waals surface area contributed by atoms with Crippen molar-refractivity contribution in [3.63, 3.8) is 0 Å². The molecule has 2 fully saturated rings. The zero-order valence-corrected chi connectivity index (χ0v) is 16.9. The minimum Gasteiger partial charge on any atom is -0.355 e. The van der Waals surface area contributed by atoms with Gasteiger partial charge in [0, 0.05) is 32.2 Å². The molecule has 0 spiro atoms. The quantitative estimate of drug-likeness (QED) is 0.816. The third kappa shape index (κ3) is 5.07. The number of carbonyl (C=O) groups excluding carboxylic acids is 1. The highest BCUT2D eigenvalue weighted by Crippen LogP contribution is 2.32. The number of halogens is 2. The Kier molecular flexibility index (Phi) is 6.67. The van der Waals surface area contributed by atoms with E-state index in [4.69, 9.17) is 0 Å². The summed E-state index contributed by atoms with van der Waals surface area (Å²) in [5.74, 6) is -2.19. The third-order valence-corrected chi connectivity index (χ3v) is 6.89. The van der Waals surface area contributed by atoms with Crippen molar-refractivity contribution in [3.8, 4) is 0 Å². The molecule has 1 saturated carbocycles. The van der Waals surface area contributed by atoms with Crippen LogP contribution in [0.3, 0.4) is 0 Å². The van der Waals surface area contributed by atoms with E-state index in [9.17, 15) is 22.0 Å². The molecule has 1 aromatic carbocycles. The highest BCUT2D eigenvalue weighted by Gasteiger charge is 2.40. The molecule has 6 nitrogen and oxygen atoms in total. The van der Waals surface area contributed by atoms with Gasteiger partial charge in [0.15, 0.2) is 11.6 Å². The summed E-state index contributed by atoms with van der Waals surface area (Å²) >= 11 is 0.